The molecule has 4 heterocycles. The minimum Gasteiger partial charge on any atom is -0.390 e. The molecule has 1 fully saturated rings. The summed E-state index contributed by atoms with van der Waals surface area (Å²) < 4.78 is 52.3. The molecule has 0 aliphatic carbocycles. The van der Waals surface area contributed by atoms with Gasteiger partial charge in [-0.2, -0.15) is 0 Å². The summed E-state index contributed by atoms with van der Waals surface area (Å²) in [6.45, 7) is 0.683. The Morgan fingerprint density at radius 1 is 1.31 bits per heavy atom. The number of aromatic nitrogens is 2. The number of hydrogen-bond donors (Lipinski definition) is 6. The Morgan fingerprint density at radius 2 is 2.03 bits per heavy atom. The smallest absolute Gasteiger partial charge is 0.346 e. The standard InChI is InChI=1S/C16H23BN3O12P3/c1-16(22)13(21)11(7-30-35(17,28)32-34(26,27)8-33(23,24)25)31-15(16)20-6-9-3-5-29-19-10-2-4-18-14(20)12(9)10/h2-6,11,13,15,19,21-22H,7-8,17H2,1H3,(H,26,27)(H2,23,24,25)/t11-,13-,15?,16-,35?/m1/s1. The Labute approximate surface area is 199 Å². The Balaban J connectivity index is 1.54. The molecular weight excluding hydrogens is 530 g/mol. The number of aliphatic hydroxyl groups excluding tert-OH is 1. The maximum absolute atomic E-state index is 12.5. The monoisotopic (exact) mass is 553 g/mol. The number of ether oxygens (including phenoxy) is 1. The van der Waals surface area contributed by atoms with E-state index in [1.54, 1.807) is 18.3 Å². The summed E-state index contributed by atoms with van der Waals surface area (Å²) in [6, 6.07) is 1.69. The maximum Gasteiger partial charge on any atom is 0.346 e. The molecule has 35 heavy (non-hydrogen) atoms. The molecule has 0 spiro atoms. The lowest BCUT2D eigenvalue weighted by atomic mass is 9.96. The van der Waals surface area contributed by atoms with Gasteiger partial charge in [0.15, 0.2) is 12.1 Å². The van der Waals surface area contributed by atoms with Crippen LogP contribution in [0.2, 0.25) is 0 Å². The van der Waals surface area contributed by atoms with Crippen LogP contribution in [0.1, 0.15) is 18.7 Å². The molecule has 19 heteroatoms. The molecule has 0 bridgehead atoms. The van der Waals surface area contributed by atoms with Crippen LogP contribution in [0.25, 0.3) is 17.1 Å². The van der Waals surface area contributed by atoms with E-state index in [1.165, 1.54) is 23.9 Å². The van der Waals surface area contributed by atoms with Gasteiger partial charge in [0.1, 0.15) is 29.7 Å². The zero-order chi connectivity index (χ0) is 25.8. The van der Waals surface area contributed by atoms with Gasteiger partial charge in [0.2, 0.25) is 0 Å². The second-order valence-electron chi connectivity index (χ2n) is 8.36. The molecule has 15 nitrogen and oxygen atoms in total. The Hall–Kier alpha value is -1.54. The fourth-order valence-corrected chi connectivity index (χ4v) is 8.90. The van der Waals surface area contributed by atoms with Crippen molar-refractivity contribution in [1.82, 2.24) is 9.55 Å². The van der Waals surface area contributed by atoms with Crippen molar-refractivity contribution in [2.75, 3.05) is 18.0 Å². The minimum absolute atomic E-state index is 0.405. The lowest BCUT2D eigenvalue weighted by molar-refractivity contribution is -0.0945. The molecule has 192 valence electrons. The van der Waals surface area contributed by atoms with E-state index in [0.29, 0.717) is 22.3 Å². The van der Waals surface area contributed by atoms with Gasteiger partial charge < -0.3 is 43.6 Å². The highest BCUT2D eigenvalue weighted by Crippen LogP contribution is 2.64. The van der Waals surface area contributed by atoms with E-state index < -0.39 is 59.2 Å². The number of anilines is 1. The van der Waals surface area contributed by atoms with Gasteiger partial charge in [-0.1, -0.05) is 0 Å². The van der Waals surface area contributed by atoms with Gasteiger partial charge in [-0.15, -0.1) is 0 Å². The summed E-state index contributed by atoms with van der Waals surface area (Å²) in [7, 11) is -13.4. The van der Waals surface area contributed by atoms with Crippen molar-refractivity contribution < 1.29 is 57.0 Å². The summed E-state index contributed by atoms with van der Waals surface area (Å²) in [5.41, 5.74) is 2.58. The van der Waals surface area contributed by atoms with Crippen molar-refractivity contribution in [1.29, 1.82) is 0 Å². The minimum atomic E-state index is -4.97. The normalized spacial score (nSPS) is 29.7. The van der Waals surface area contributed by atoms with Crippen LogP contribution < -0.4 is 5.48 Å². The van der Waals surface area contributed by atoms with Crippen molar-refractivity contribution in [3.63, 3.8) is 0 Å². The molecule has 4 rings (SSSR count). The quantitative estimate of drug-likeness (QED) is 0.193. The number of nitrogens with one attached hydrogen (secondary N) is 1. The molecule has 2 aliphatic heterocycles. The summed E-state index contributed by atoms with van der Waals surface area (Å²) in [4.78, 5) is 36.9. The van der Waals surface area contributed by atoms with Gasteiger partial charge in [-0.3, -0.25) is 13.7 Å². The molecule has 1 saturated heterocycles. The Bertz CT molecular complexity index is 1310. The lowest BCUT2D eigenvalue weighted by Crippen LogP contribution is -2.44. The molecule has 6 N–H and O–H groups in total. The second kappa shape index (κ2) is 9.09. The first-order chi connectivity index (χ1) is 16.1. The van der Waals surface area contributed by atoms with Crippen molar-refractivity contribution >= 4 is 53.0 Å². The fraction of sp³-hybridized carbons (Fsp3) is 0.438. The first-order valence-electron chi connectivity index (χ1n) is 10.0. The molecule has 3 unspecified atom stereocenters. The van der Waals surface area contributed by atoms with Crippen LogP contribution in [-0.2, 0) is 32.1 Å². The van der Waals surface area contributed by atoms with E-state index in [4.69, 9.17) is 23.9 Å². The number of aliphatic hydroxyl groups is 2. The zero-order valence-electron chi connectivity index (χ0n) is 18.4. The van der Waals surface area contributed by atoms with Crippen LogP contribution in [0.4, 0.5) is 5.69 Å². The average Bonchev–Trinajstić information content (AvgIpc) is 3.06. The van der Waals surface area contributed by atoms with E-state index in [0.717, 1.165) is 7.57 Å². The highest BCUT2D eigenvalue weighted by atomic mass is 31.3. The van der Waals surface area contributed by atoms with Crippen LogP contribution in [0.5, 0.6) is 0 Å². The molecule has 0 aromatic carbocycles. The van der Waals surface area contributed by atoms with E-state index in [9.17, 15) is 28.8 Å². The SMILES string of the molecule is BP(=O)(OC[C@H]1OC(n2cc3c4c(ccnc42)NOC=C3)[C@](C)(O)[C@@H]1O)OP(=O)(O)CP(=O)(O)O. The largest absolute Gasteiger partial charge is 0.390 e. The molecular formula is C16H23BN3O12P3. The lowest BCUT2D eigenvalue weighted by Gasteiger charge is -2.27. The predicted octanol–water partition coefficient (Wildman–Crippen LogP) is 0.468. The average molecular weight is 553 g/mol. The first kappa shape index (κ1) is 26.5. The highest BCUT2D eigenvalue weighted by Gasteiger charge is 2.54. The predicted molar refractivity (Wildman–Crippen MR) is 124 cm³/mol. The topological polar surface area (TPSA) is 219 Å². The van der Waals surface area contributed by atoms with Crippen molar-refractivity contribution in [2.45, 2.75) is 31.0 Å². The third-order valence-corrected chi connectivity index (χ3v) is 11.1. The van der Waals surface area contributed by atoms with Crippen LogP contribution in [0.3, 0.4) is 0 Å². The van der Waals surface area contributed by atoms with Gasteiger partial charge >= 0.3 is 15.2 Å². The second-order valence-corrected chi connectivity index (χ2v) is 14.6. The molecule has 2 aliphatic rings. The van der Waals surface area contributed by atoms with Gasteiger partial charge in [0.25, 0.3) is 15.0 Å². The Kier molecular flexibility index (Phi) is 6.89. The summed E-state index contributed by atoms with van der Waals surface area (Å²) in [5, 5.41) is 22.4. The van der Waals surface area contributed by atoms with E-state index >= 15 is 0 Å². The summed E-state index contributed by atoms with van der Waals surface area (Å²) in [5.74, 6) is -1.55. The molecule has 2 aromatic rings. The van der Waals surface area contributed by atoms with Crippen LogP contribution in [-0.4, -0.2) is 72.3 Å². The summed E-state index contributed by atoms with van der Waals surface area (Å²) >= 11 is 0. The van der Waals surface area contributed by atoms with Gasteiger partial charge in [0.05, 0.1) is 17.7 Å². The summed E-state index contributed by atoms with van der Waals surface area (Å²) in [6.07, 6.45) is 2.24. The Morgan fingerprint density at radius 3 is 2.71 bits per heavy atom. The van der Waals surface area contributed by atoms with Crippen molar-refractivity contribution in [3.05, 3.63) is 30.3 Å². The molecule has 2 aromatic heterocycles. The third kappa shape index (κ3) is 5.58. The number of hydrogen-bond acceptors (Lipinski definition) is 11. The first-order valence-corrected chi connectivity index (χ1v) is 15.6. The molecule has 0 amide bonds. The third-order valence-electron chi connectivity index (χ3n) is 5.35. The van der Waals surface area contributed by atoms with E-state index in [2.05, 4.69) is 14.8 Å². The maximum atomic E-state index is 12.5. The van der Waals surface area contributed by atoms with Gasteiger partial charge in [-0.05, 0) is 19.1 Å². The van der Waals surface area contributed by atoms with Crippen molar-refractivity contribution in [3.8, 4) is 0 Å². The molecule has 6 atom stereocenters. The van der Waals surface area contributed by atoms with E-state index in [-0.39, 0.29) is 0 Å². The van der Waals surface area contributed by atoms with Gasteiger partial charge in [0, 0.05) is 18.0 Å². The molecule has 0 saturated carbocycles. The fourth-order valence-electron chi connectivity index (χ4n) is 3.90. The number of nitrogens with zero attached hydrogens (tertiary/aromatic N) is 2. The van der Waals surface area contributed by atoms with Crippen LogP contribution in [0, 0.1) is 0 Å². The van der Waals surface area contributed by atoms with Crippen LogP contribution in [0.15, 0.2) is 24.7 Å². The van der Waals surface area contributed by atoms with Crippen molar-refractivity contribution in [2.24, 2.45) is 0 Å². The molecule has 0 radical (unpaired) electrons. The number of pyridine rings is 1. The van der Waals surface area contributed by atoms with Crippen LogP contribution >= 0.6 is 22.7 Å². The highest BCUT2D eigenvalue weighted by molar-refractivity contribution is 7.85. The van der Waals surface area contributed by atoms with E-state index in [1.807, 2.05) is 0 Å². The van der Waals surface area contributed by atoms with Gasteiger partial charge in [-0.25, -0.2) is 14.8 Å². The number of rotatable bonds is 8. The zero-order valence-corrected chi connectivity index (χ0v) is 21.0.